The van der Waals surface area contributed by atoms with E-state index in [1.54, 1.807) is 0 Å². The Morgan fingerprint density at radius 2 is 1.73 bits per heavy atom. The minimum Gasteiger partial charge on any atom is -0.461 e. The molecule has 0 aromatic heterocycles. The maximum Gasteiger partial charge on any atom is 0.457 e. The zero-order chi connectivity index (χ0) is 12.3. The van der Waals surface area contributed by atoms with Crippen LogP contribution in [0.25, 0.3) is 0 Å². The van der Waals surface area contributed by atoms with Crippen molar-refractivity contribution in [2.75, 3.05) is 6.61 Å². The molecule has 2 nitrogen and oxygen atoms in total. The number of hydrogen-bond acceptors (Lipinski definition) is 2. The number of hydrogen-bond donors (Lipinski definition) is 0. The fourth-order valence-electron chi connectivity index (χ4n) is 0.500. The fourth-order valence-corrected chi connectivity index (χ4v) is 0.500. The molecule has 0 rings (SSSR count). The molecule has 0 radical (unpaired) electrons. The number of ether oxygens (including phenoxy) is 1. The van der Waals surface area contributed by atoms with Crippen LogP contribution in [-0.2, 0) is 9.53 Å². The Morgan fingerprint density at radius 3 is 2.07 bits per heavy atom. The highest BCUT2D eigenvalue weighted by molar-refractivity contribution is 5.86. The van der Waals surface area contributed by atoms with Crippen LogP contribution in [-0.4, -0.2) is 24.7 Å². The third-order valence-electron chi connectivity index (χ3n) is 1.16. The number of allylic oxidation sites excluding steroid dienone is 1. The molecule has 0 heterocycles. The number of alkyl halides is 5. The molecule has 0 aliphatic carbocycles. The van der Waals surface area contributed by atoms with Gasteiger partial charge in [0.2, 0.25) is 5.83 Å². The van der Waals surface area contributed by atoms with E-state index in [0.717, 1.165) is 0 Å². The van der Waals surface area contributed by atoms with Crippen molar-refractivity contribution in [3.8, 4) is 0 Å². The molecule has 0 amide bonds. The van der Waals surface area contributed by atoms with E-state index in [0.29, 0.717) is 0 Å². The van der Waals surface area contributed by atoms with Gasteiger partial charge < -0.3 is 4.74 Å². The summed E-state index contributed by atoms with van der Waals surface area (Å²) in [6.45, 7) is 0.908. The predicted octanol–water partition coefficient (Wildman–Crippen LogP) is 2.60. The first-order chi connectivity index (χ1) is 6.62. The smallest absolute Gasteiger partial charge is 0.457 e. The second kappa shape index (κ2) is 4.54. The first kappa shape index (κ1) is 13.8. The van der Waals surface area contributed by atoms with Crippen LogP contribution in [0.15, 0.2) is 11.9 Å². The molecule has 0 unspecified atom stereocenters. The van der Waals surface area contributed by atoms with Crippen LogP contribution in [0.4, 0.5) is 26.3 Å². The summed E-state index contributed by atoms with van der Waals surface area (Å²) in [4.78, 5) is 10.4. The maximum absolute atomic E-state index is 12.4. The molecule has 0 aromatic rings. The van der Waals surface area contributed by atoms with Crippen LogP contribution in [0.2, 0.25) is 0 Å². The molecule has 0 atom stereocenters. The lowest BCUT2D eigenvalue weighted by molar-refractivity contribution is -0.259. The highest BCUT2D eigenvalue weighted by Gasteiger charge is 2.56. The van der Waals surface area contributed by atoms with E-state index >= 15 is 0 Å². The summed E-state index contributed by atoms with van der Waals surface area (Å²) >= 11 is 0. The fraction of sp³-hybridized carbons (Fsp3) is 0.571. The molecule has 0 N–H and O–H groups in total. The molecule has 0 spiro atoms. The number of esters is 1. The number of halogens is 6. The normalized spacial score (nSPS) is 13.9. The van der Waals surface area contributed by atoms with Crippen molar-refractivity contribution in [2.24, 2.45) is 0 Å². The lowest BCUT2D eigenvalue weighted by Crippen LogP contribution is -2.34. The van der Waals surface area contributed by atoms with Gasteiger partial charge in [-0.25, -0.2) is 4.79 Å². The lowest BCUT2D eigenvalue weighted by Gasteiger charge is -2.15. The Hall–Kier alpha value is -1.21. The first-order valence-corrected chi connectivity index (χ1v) is 3.62. The third kappa shape index (κ3) is 3.80. The Labute approximate surface area is 80.5 Å². The van der Waals surface area contributed by atoms with Gasteiger partial charge in [0.25, 0.3) is 0 Å². The molecule has 0 saturated heterocycles. The van der Waals surface area contributed by atoms with E-state index in [1.807, 2.05) is 0 Å². The van der Waals surface area contributed by atoms with E-state index < -0.39 is 30.0 Å². The molecule has 0 fully saturated rings. The summed E-state index contributed by atoms with van der Waals surface area (Å²) < 4.78 is 75.1. The van der Waals surface area contributed by atoms with Crippen LogP contribution in [0.3, 0.4) is 0 Å². The van der Waals surface area contributed by atoms with E-state index in [1.165, 1.54) is 6.92 Å². The van der Waals surface area contributed by atoms with Crippen molar-refractivity contribution < 1.29 is 35.9 Å². The van der Waals surface area contributed by atoms with Gasteiger partial charge in [0, 0.05) is 6.08 Å². The van der Waals surface area contributed by atoms with Gasteiger partial charge in [-0.05, 0) is 6.92 Å². The molecule has 0 aliphatic heterocycles. The Bertz CT molecular complexity index is 267. The second-order valence-electron chi connectivity index (χ2n) is 2.33. The summed E-state index contributed by atoms with van der Waals surface area (Å²) in [5.41, 5.74) is 0. The monoisotopic (exact) mass is 236 g/mol. The average Bonchev–Trinajstić information content (AvgIpc) is 2.01. The number of rotatable bonds is 3. The topological polar surface area (TPSA) is 26.3 Å². The van der Waals surface area contributed by atoms with Gasteiger partial charge in [0.05, 0.1) is 6.61 Å². The summed E-state index contributed by atoms with van der Waals surface area (Å²) in [6, 6.07) is 0. The molecular formula is C7H6F6O2. The summed E-state index contributed by atoms with van der Waals surface area (Å²) in [7, 11) is 0. The average molecular weight is 236 g/mol. The van der Waals surface area contributed by atoms with Gasteiger partial charge in [-0.2, -0.15) is 26.3 Å². The molecule has 88 valence electrons. The molecule has 8 heteroatoms. The van der Waals surface area contributed by atoms with Crippen LogP contribution >= 0.6 is 0 Å². The van der Waals surface area contributed by atoms with E-state index in [9.17, 15) is 31.1 Å². The molecule has 0 aromatic carbocycles. The van der Waals surface area contributed by atoms with E-state index in [-0.39, 0.29) is 6.61 Å². The van der Waals surface area contributed by atoms with Gasteiger partial charge in [-0.3, -0.25) is 0 Å². The quantitative estimate of drug-likeness (QED) is 0.427. The first-order valence-electron chi connectivity index (χ1n) is 3.62. The number of carbonyl (C=O) groups is 1. The maximum atomic E-state index is 12.4. The van der Waals surface area contributed by atoms with Crippen molar-refractivity contribution >= 4 is 5.97 Å². The van der Waals surface area contributed by atoms with Gasteiger partial charge in [0.15, 0.2) is 0 Å². The lowest BCUT2D eigenvalue weighted by atomic mass is 10.3. The molecule has 0 bridgehead atoms. The number of carbonyl (C=O) groups excluding carboxylic acids is 1. The Morgan fingerprint density at radius 1 is 1.27 bits per heavy atom. The minimum absolute atomic E-state index is 0.336. The summed E-state index contributed by atoms with van der Waals surface area (Å²) in [6.07, 6.45) is -7.07. The highest BCUT2D eigenvalue weighted by Crippen LogP contribution is 2.37. The van der Waals surface area contributed by atoms with Crippen molar-refractivity contribution in [1.82, 2.24) is 0 Å². The third-order valence-corrected chi connectivity index (χ3v) is 1.16. The SMILES string of the molecule is CCOC(=O)/C(F)=C\C(F)(F)C(F)(F)F. The Balaban J connectivity index is 4.82. The van der Waals surface area contributed by atoms with Crippen molar-refractivity contribution in [3.05, 3.63) is 11.9 Å². The van der Waals surface area contributed by atoms with Gasteiger partial charge in [-0.1, -0.05) is 0 Å². The molecule has 0 aliphatic rings. The highest BCUT2D eigenvalue weighted by atomic mass is 19.4. The van der Waals surface area contributed by atoms with E-state index in [4.69, 9.17) is 0 Å². The van der Waals surface area contributed by atoms with Crippen molar-refractivity contribution in [3.63, 3.8) is 0 Å². The zero-order valence-electron chi connectivity index (χ0n) is 7.37. The summed E-state index contributed by atoms with van der Waals surface area (Å²) in [5, 5.41) is 0. The largest absolute Gasteiger partial charge is 0.461 e. The Kier molecular flexibility index (Phi) is 4.17. The van der Waals surface area contributed by atoms with Crippen LogP contribution < -0.4 is 0 Å². The predicted molar refractivity (Wildman–Crippen MR) is 36.8 cm³/mol. The van der Waals surface area contributed by atoms with Crippen LogP contribution in [0.1, 0.15) is 6.92 Å². The molecule has 15 heavy (non-hydrogen) atoms. The molecular weight excluding hydrogens is 230 g/mol. The van der Waals surface area contributed by atoms with Crippen molar-refractivity contribution in [1.29, 1.82) is 0 Å². The van der Waals surface area contributed by atoms with Gasteiger partial charge in [-0.15, -0.1) is 0 Å². The van der Waals surface area contributed by atoms with Gasteiger partial charge in [0.1, 0.15) is 0 Å². The zero-order valence-corrected chi connectivity index (χ0v) is 7.37. The minimum atomic E-state index is -5.95. The van der Waals surface area contributed by atoms with Gasteiger partial charge >= 0.3 is 18.1 Å². The summed E-state index contributed by atoms with van der Waals surface area (Å²) in [5.74, 6) is -9.54. The molecule has 0 saturated carbocycles. The van der Waals surface area contributed by atoms with E-state index in [2.05, 4.69) is 4.74 Å². The second-order valence-corrected chi connectivity index (χ2v) is 2.33. The standard InChI is InChI=1S/C7H6F6O2/c1-2-15-5(14)4(8)3-6(9,10)7(11,12)13/h3H,2H2,1H3/b4-3+. The van der Waals surface area contributed by atoms with Crippen LogP contribution in [0, 0.1) is 0 Å². The van der Waals surface area contributed by atoms with Crippen LogP contribution in [0.5, 0.6) is 0 Å². The van der Waals surface area contributed by atoms with Crippen molar-refractivity contribution in [2.45, 2.75) is 19.0 Å².